The van der Waals surface area contributed by atoms with Gasteiger partial charge in [0.2, 0.25) is 5.91 Å². The Bertz CT molecular complexity index is 663. The molecule has 1 amide bonds. The minimum atomic E-state index is -0.868. The summed E-state index contributed by atoms with van der Waals surface area (Å²) in [6.45, 7) is 3.07. The molecule has 136 valence electrons. The third kappa shape index (κ3) is 5.15. The molecule has 1 aliphatic rings. The van der Waals surface area contributed by atoms with E-state index in [1.807, 2.05) is 0 Å². The molecule has 0 aromatic heterocycles. The van der Waals surface area contributed by atoms with Crippen molar-refractivity contribution in [1.82, 2.24) is 4.90 Å². The number of piperidine rings is 1. The van der Waals surface area contributed by atoms with Crippen molar-refractivity contribution in [1.29, 1.82) is 0 Å². The third-order valence-electron chi connectivity index (χ3n) is 3.97. The van der Waals surface area contributed by atoms with Crippen LogP contribution >= 0.6 is 0 Å². The van der Waals surface area contributed by atoms with Gasteiger partial charge >= 0.3 is 5.97 Å². The van der Waals surface area contributed by atoms with Crippen molar-refractivity contribution >= 4 is 23.3 Å². The van der Waals surface area contributed by atoms with Gasteiger partial charge in [-0.2, -0.15) is 0 Å². The zero-order valence-electron chi connectivity index (χ0n) is 13.9. The summed E-state index contributed by atoms with van der Waals surface area (Å²) in [6, 6.07) is 4.24. The maximum atomic E-state index is 12.2. The lowest BCUT2D eigenvalue weighted by Gasteiger charge is -2.29. The Morgan fingerprint density at radius 2 is 2.24 bits per heavy atom. The Hall–Kier alpha value is -2.68. The third-order valence-corrected chi connectivity index (χ3v) is 3.97. The Balaban J connectivity index is 2.02. The number of carboxylic acid groups (broad SMARTS) is 1. The van der Waals surface area contributed by atoms with Gasteiger partial charge in [-0.3, -0.25) is 24.6 Å². The van der Waals surface area contributed by atoms with Crippen LogP contribution in [0.4, 0.5) is 11.4 Å². The molecule has 25 heavy (non-hydrogen) atoms. The summed E-state index contributed by atoms with van der Waals surface area (Å²) in [7, 11) is 0. The Morgan fingerprint density at radius 3 is 2.88 bits per heavy atom. The topological polar surface area (TPSA) is 122 Å². The fourth-order valence-corrected chi connectivity index (χ4v) is 2.82. The van der Waals surface area contributed by atoms with Gasteiger partial charge in [0.05, 0.1) is 30.1 Å². The van der Waals surface area contributed by atoms with Crippen LogP contribution in [0.1, 0.15) is 19.8 Å². The number of carboxylic acids is 1. The van der Waals surface area contributed by atoms with E-state index in [1.54, 1.807) is 17.9 Å². The number of likely N-dealkylation sites (tertiary alicyclic amines) is 1. The lowest BCUT2D eigenvalue weighted by Crippen LogP contribution is -2.42. The van der Waals surface area contributed by atoms with Crippen molar-refractivity contribution < 1.29 is 24.4 Å². The molecular formula is C16H21N3O6. The number of amides is 1. The van der Waals surface area contributed by atoms with Crippen molar-refractivity contribution in [2.45, 2.75) is 19.8 Å². The summed E-state index contributed by atoms with van der Waals surface area (Å²) in [5.74, 6) is -1.42. The summed E-state index contributed by atoms with van der Waals surface area (Å²) in [5.41, 5.74) is -0.161. The highest BCUT2D eigenvalue weighted by Gasteiger charge is 2.27. The molecule has 0 bridgehead atoms. The van der Waals surface area contributed by atoms with Gasteiger partial charge in [0.25, 0.3) is 5.69 Å². The summed E-state index contributed by atoms with van der Waals surface area (Å²) < 4.78 is 5.23. The average molecular weight is 351 g/mol. The lowest BCUT2D eigenvalue weighted by molar-refractivity contribution is -0.384. The number of nitrogens with zero attached hydrogens (tertiary/aromatic N) is 2. The van der Waals surface area contributed by atoms with Gasteiger partial charge in [0, 0.05) is 6.54 Å². The highest BCUT2D eigenvalue weighted by molar-refractivity contribution is 5.94. The molecule has 2 rings (SSSR count). The van der Waals surface area contributed by atoms with Crippen LogP contribution in [-0.2, 0) is 9.59 Å². The largest absolute Gasteiger partial charge is 0.494 e. The molecule has 9 heteroatoms. The van der Waals surface area contributed by atoms with Gasteiger partial charge in [-0.15, -0.1) is 0 Å². The second kappa shape index (κ2) is 8.43. The van der Waals surface area contributed by atoms with Crippen LogP contribution in [-0.4, -0.2) is 53.0 Å². The summed E-state index contributed by atoms with van der Waals surface area (Å²) in [6.07, 6.45) is 1.30. The molecule has 0 saturated carbocycles. The molecule has 1 fully saturated rings. The van der Waals surface area contributed by atoms with Crippen LogP contribution in [0, 0.1) is 16.0 Å². The van der Waals surface area contributed by atoms with Crippen LogP contribution in [0.2, 0.25) is 0 Å². The number of carbonyl (C=O) groups is 2. The van der Waals surface area contributed by atoms with Crippen LogP contribution in [0.3, 0.4) is 0 Å². The molecule has 1 atom stereocenters. The van der Waals surface area contributed by atoms with E-state index < -0.39 is 22.7 Å². The summed E-state index contributed by atoms with van der Waals surface area (Å²) in [5, 5.41) is 22.8. The lowest BCUT2D eigenvalue weighted by atomic mass is 9.98. The summed E-state index contributed by atoms with van der Waals surface area (Å²) in [4.78, 5) is 35.6. The number of rotatable bonds is 7. The Labute approximate surface area is 144 Å². The molecule has 1 unspecified atom stereocenters. The van der Waals surface area contributed by atoms with Crippen LogP contribution < -0.4 is 10.1 Å². The van der Waals surface area contributed by atoms with Crippen molar-refractivity contribution in [3.05, 3.63) is 28.3 Å². The van der Waals surface area contributed by atoms with E-state index in [0.717, 1.165) is 0 Å². The number of anilines is 1. The Morgan fingerprint density at radius 1 is 1.48 bits per heavy atom. The van der Waals surface area contributed by atoms with Gasteiger partial charge < -0.3 is 15.2 Å². The van der Waals surface area contributed by atoms with Crippen LogP contribution in [0.25, 0.3) is 0 Å². The molecule has 0 aliphatic carbocycles. The van der Waals surface area contributed by atoms with E-state index in [1.165, 1.54) is 12.1 Å². The van der Waals surface area contributed by atoms with Gasteiger partial charge in [0.1, 0.15) is 11.4 Å². The second-order valence-electron chi connectivity index (χ2n) is 5.83. The molecule has 1 heterocycles. The van der Waals surface area contributed by atoms with Gasteiger partial charge in [-0.05, 0) is 38.4 Å². The van der Waals surface area contributed by atoms with Crippen molar-refractivity contribution in [2.75, 3.05) is 31.6 Å². The normalized spacial score (nSPS) is 17.7. The first-order valence-electron chi connectivity index (χ1n) is 8.07. The minimum absolute atomic E-state index is 0.00581. The number of nitro groups is 1. The molecule has 1 aromatic carbocycles. The molecule has 2 N–H and O–H groups in total. The summed E-state index contributed by atoms with van der Waals surface area (Å²) >= 11 is 0. The average Bonchev–Trinajstić information content (AvgIpc) is 2.56. The molecule has 1 saturated heterocycles. The van der Waals surface area contributed by atoms with Crippen LogP contribution in [0.15, 0.2) is 18.2 Å². The number of ether oxygens (including phenoxy) is 1. The van der Waals surface area contributed by atoms with Gasteiger partial charge in [-0.1, -0.05) is 0 Å². The standard InChI is InChI=1S/C16H21N3O6/c1-2-25-12-5-6-13(14(8-12)19(23)24)17-15(20)10-18-7-3-4-11(9-18)16(21)22/h5-6,8,11H,2-4,7,9-10H2,1H3,(H,17,20)(H,21,22). The second-order valence-corrected chi connectivity index (χ2v) is 5.83. The molecule has 0 spiro atoms. The zero-order valence-corrected chi connectivity index (χ0v) is 13.9. The first-order valence-corrected chi connectivity index (χ1v) is 8.07. The van der Waals surface area contributed by atoms with E-state index in [0.29, 0.717) is 38.3 Å². The van der Waals surface area contributed by atoms with Gasteiger partial charge in [-0.25, -0.2) is 0 Å². The number of aliphatic carboxylic acids is 1. The van der Waals surface area contributed by atoms with E-state index in [-0.39, 0.29) is 17.9 Å². The first kappa shape index (κ1) is 18.7. The molecule has 1 aromatic rings. The first-order chi connectivity index (χ1) is 11.9. The predicted molar refractivity (Wildman–Crippen MR) is 89.7 cm³/mol. The quantitative estimate of drug-likeness (QED) is 0.566. The van der Waals surface area contributed by atoms with Crippen molar-refractivity contribution in [3.63, 3.8) is 0 Å². The smallest absolute Gasteiger partial charge is 0.307 e. The monoisotopic (exact) mass is 351 g/mol. The number of benzene rings is 1. The van der Waals surface area contributed by atoms with Crippen molar-refractivity contribution in [2.24, 2.45) is 5.92 Å². The number of nitrogens with one attached hydrogen (secondary N) is 1. The fraction of sp³-hybridized carbons (Fsp3) is 0.500. The van der Waals surface area contributed by atoms with E-state index in [9.17, 15) is 19.7 Å². The molecular weight excluding hydrogens is 330 g/mol. The van der Waals surface area contributed by atoms with E-state index in [2.05, 4.69) is 5.32 Å². The van der Waals surface area contributed by atoms with E-state index >= 15 is 0 Å². The number of hydrogen-bond donors (Lipinski definition) is 2. The Kier molecular flexibility index (Phi) is 6.29. The zero-order chi connectivity index (χ0) is 18.4. The highest BCUT2D eigenvalue weighted by Crippen LogP contribution is 2.29. The van der Waals surface area contributed by atoms with Crippen LogP contribution in [0.5, 0.6) is 5.75 Å². The number of nitro benzene ring substituents is 1. The number of hydrogen-bond acceptors (Lipinski definition) is 6. The van der Waals surface area contributed by atoms with Crippen molar-refractivity contribution in [3.8, 4) is 5.75 Å². The maximum absolute atomic E-state index is 12.2. The fourth-order valence-electron chi connectivity index (χ4n) is 2.82. The molecule has 0 radical (unpaired) electrons. The minimum Gasteiger partial charge on any atom is -0.494 e. The highest BCUT2D eigenvalue weighted by atomic mass is 16.6. The SMILES string of the molecule is CCOc1ccc(NC(=O)CN2CCCC(C(=O)O)C2)c([N+](=O)[O-])c1. The maximum Gasteiger partial charge on any atom is 0.307 e. The molecule has 9 nitrogen and oxygen atoms in total. The number of carbonyl (C=O) groups excluding carboxylic acids is 1. The van der Waals surface area contributed by atoms with Gasteiger partial charge in [0.15, 0.2) is 0 Å². The molecule has 1 aliphatic heterocycles. The predicted octanol–water partition coefficient (Wildman–Crippen LogP) is 1.73. The van der Waals surface area contributed by atoms with E-state index in [4.69, 9.17) is 9.84 Å².